The lowest BCUT2D eigenvalue weighted by molar-refractivity contribution is 0.0474. The van der Waals surface area contributed by atoms with Gasteiger partial charge in [-0.25, -0.2) is 14.2 Å². The highest BCUT2D eigenvalue weighted by Crippen LogP contribution is 2.29. The second-order valence-electron chi connectivity index (χ2n) is 6.70. The number of hydrogen-bond acceptors (Lipinski definition) is 5. The molecule has 7 heteroatoms. The van der Waals surface area contributed by atoms with E-state index in [1.807, 2.05) is 0 Å². The van der Waals surface area contributed by atoms with Gasteiger partial charge in [0.15, 0.2) is 0 Å². The van der Waals surface area contributed by atoms with Crippen molar-refractivity contribution in [2.75, 3.05) is 0 Å². The summed E-state index contributed by atoms with van der Waals surface area (Å²) >= 11 is 1.17. The molecule has 0 spiro atoms. The average molecular weight is 386 g/mol. The number of halogens is 1. The van der Waals surface area contributed by atoms with E-state index >= 15 is 0 Å². The number of aryl methyl sites for hydroxylation is 2. The van der Waals surface area contributed by atoms with Gasteiger partial charge in [0, 0.05) is 18.5 Å². The number of carbonyl (C=O) groups excluding carboxylic acids is 1. The summed E-state index contributed by atoms with van der Waals surface area (Å²) in [5.41, 5.74) is 0.818. The number of ether oxygens (including phenoxy) is 1. The largest absolute Gasteiger partial charge is 0.457 e. The quantitative estimate of drug-likeness (QED) is 0.639. The molecule has 0 bridgehead atoms. The van der Waals surface area contributed by atoms with Gasteiger partial charge in [-0.2, -0.15) is 0 Å². The Morgan fingerprint density at radius 3 is 2.93 bits per heavy atom. The highest BCUT2D eigenvalue weighted by molar-refractivity contribution is 7.20. The molecule has 0 unspecified atom stereocenters. The first-order chi connectivity index (χ1) is 13.1. The first-order valence-corrected chi connectivity index (χ1v) is 9.81. The van der Waals surface area contributed by atoms with Crippen LogP contribution >= 0.6 is 11.3 Å². The van der Waals surface area contributed by atoms with E-state index in [0.717, 1.165) is 31.5 Å². The van der Waals surface area contributed by atoms with Crippen LogP contribution in [0.5, 0.6) is 0 Å². The van der Waals surface area contributed by atoms with Crippen molar-refractivity contribution in [2.45, 2.75) is 45.8 Å². The van der Waals surface area contributed by atoms with Gasteiger partial charge in [-0.15, -0.1) is 11.3 Å². The SMILES string of the molecule is Cc1c(C(=O)OCc2ccccc2F)sc2nc3n(c(=O)c12)CCCCC3. The number of aromatic nitrogens is 2. The average Bonchev–Trinajstić information content (AvgIpc) is 2.83. The predicted molar refractivity (Wildman–Crippen MR) is 102 cm³/mol. The van der Waals surface area contributed by atoms with Crippen LogP contribution in [0.4, 0.5) is 4.39 Å². The van der Waals surface area contributed by atoms with Crippen molar-refractivity contribution in [3.05, 3.63) is 62.3 Å². The fraction of sp³-hybridized carbons (Fsp3) is 0.350. The maximum Gasteiger partial charge on any atom is 0.349 e. The van der Waals surface area contributed by atoms with Crippen molar-refractivity contribution >= 4 is 27.5 Å². The molecule has 3 heterocycles. The zero-order chi connectivity index (χ0) is 19.0. The molecule has 1 aliphatic rings. The molecule has 2 aromatic heterocycles. The Hall–Kier alpha value is -2.54. The molecule has 0 fully saturated rings. The Bertz CT molecular complexity index is 1090. The van der Waals surface area contributed by atoms with E-state index in [-0.39, 0.29) is 12.2 Å². The van der Waals surface area contributed by atoms with E-state index in [2.05, 4.69) is 4.98 Å². The van der Waals surface area contributed by atoms with Crippen molar-refractivity contribution in [3.8, 4) is 0 Å². The third kappa shape index (κ3) is 3.27. The smallest absolute Gasteiger partial charge is 0.349 e. The molecular formula is C20H19FN2O3S. The Labute approximate surface area is 159 Å². The van der Waals surface area contributed by atoms with Gasteiger partial charge in [0.05, 0.1) is 5.39 Å². The maximum absolute atomic E-state index is 13.7. The van der Waals surface area contributed by atoms with E-state index in [1.54, 1.807) is 29.7 Å². The van der Waals surface area contributed by atoms with Gasteiger partial charge in [-0.05, 0) is 31.4 Å². The van der Waals surface area contributed by atoms with E-state index in [0.29, 0.717) is 32.8 Å². The first-order valence-electron chi connectivity index (χ1n) is 8.99. The van der Waals surface area contributed by atoms with Crippen LogP contribution < -0.4 is 5.56 Å². The van der Waals surface area contributed by atoms with Crippen LogP contribution in [0.1, 0.15) is 45.9 Å². The highest BCUT2D eigenvalue weighted by atomic mass is 32.1. The highest BCUT2D eigenvalue weighted by Gasteiger charge is 2.23. The van der Waals surface area contributed by atoms with Crippen molar-refractivity contribution in [3.63, 3.8) is 0 Å². The molecule has 0 saturated heterocycles. The van der Waals surface area contributed by atoms with Crippen molar-refractivity contribution < 1.29 is 13.9 Å². The van der Waals surface area contributed by atoms with Crippen LogP contribution in [0.2, 0.25) is 0 Å². The number of esters is 1. The fourth-order valence-electron chi connectivity index (χ4n) is 3.43. The zero-order valence-corrected chi connectivity index (χ0v) is 15.8. The molecule has 4 rings (SSSR count). The Morgan fingerprint density at radius 1 is 1.30 bits per heavy atom. The van der Waals surface area contributed by atoms with Gasteiger partial charge in [0.1, 0.15) is 28.0 Å². The fourth-order valence-corrected chi connectivity index (χ4v) is 4.51. The summed E-state index contributed by atoms with van der Waals surface area (Å²) in [5, 5.41) is 0.489. The first kappa shape index (κ1) is 17.9. The summed E-state index contributed by atoms with van der Waals surface area (Å²) in [6.07, 6.45) is 3.83. The minimum absolute atomic E-state index is 0.0844. The minimum Gasteiger partial charge on any atom is -0.457 e. The van der Waals surface area contributed by atoms with Crippen LogP contribution in [-0.2, 0) is 24.3 Å². The molecule has 0 atom stereocenters. The van der Waals surface area contributed by atoms with Crippen LogP contribution in [0.15, 0.2) is 29.1 Å². The van der Waals surface area contributed by atoms with Gasteiger partial charge >= 0.3 is 5.97 Å². The van der Waals surface area contributed by atoms with Crippen molar-refractivity contribution in [1.29, 1.82) is 0 Å². The molecule has 140 valence electrons. The van der Waals surface area contributed by atoms with E-state index < -0.39 is 11.8 Å². The number of rotatable bonds is 3. The number of benzene rings is 1. The van der Waals surface area contributed by atoms with Crippen molar-refractivity contribution in [2.24, 2.45) is 0 Å². The van der Waals surface area contributed by atoms with Crippen LogP contribution in [-0.4, -0.2) is 15.5 Å². The second-order valence-corrected chi connectivity index (χ2v) is 7.70. The summed E-state index contributed by atoms with van der Waals surface area (Å²) in [4.78, 5) is 31.0. The van der Waals surface area contributed by atoms with Gasteiger partial charge in [-0.3, -0.25) is 9.36 Å². The summed E-state index contributed by atoms with van der Waals surface area (Å²) in [5.74, 6) is -0.183. The number of fused-ring (bicyclic) bond motifs is 2. The lowest BCUT2D eigenvalue weighted by Gasteiger charge is -2.08. The minimum atomic E-state index is -0.557. The lowest BCUT2D eigenvalue weighted by atomic mass is 10.2. The molecule has 0 N–H and O–H groups in total. The van der Waals surface area contributed by atoms with Gasteiger partial charge in [-0.1, -0.05) is 24.6 Å². The van der Waals surface area contributed by atoms with E-state index in [9.17, 15) is 14.0 Å². The number of nitrogens with zero attached hydrogens (tertiary/aromatic N) is 2. The standard InChI is InChI=1S/C20H19FN2O3S/c1-12-16-18(22-15-9-3-2-6-10-23(15)19(16)24)27-17(12)20(25)26-11-13-7-4-5-8-14(13)21/h4-5,7-8H,2-3,6,9-11H2,1H3. The Morgan fingerprint density at radius 2 is 2.11 bits per heavy atom. The molecular weight excluding hydrogens is 367 g/mol. The predicted octanol–water partition coefficient (Wildman–Crippen LogP) is 3.99. The number of hydrogen-bond donors (Lipinski definition) is 0. The summed E-state index contributed by atoms with van der Waals surface area (Å²) in [6.45, 7) is 2.26. The number of thiophene rings is 1. The Kier molecular flexibility index (Phi) is 4.78. The summed E-state index contributed by atoms with van der Waals surface area (Å²) in [7, 11) is 0. The topological polar surface area (TPSA) is 61.2 Å². The molecule has 0 amide bonds. The third-order valence-electron chi connectivity index (χ3n) is 4.91. The summed E-state index contributed by atoms with van der Waals surface area (Å²) < 4.78 is 20.7. The molecule has 3 aromatic rings. The monoisotopic (exact) mass is 386 g/mol. The molecule has 1 aliphatic heterocycles. The molecule has 5 nitrogen and oxygen atoms in total. The zero-order valence-electron chi connectivity index (χ0n) is 15.0. The maximum atomic E-state index is 13.7. The lowest BCUT2D eigenvalue weighted by Crippen LogP contribution is -2.24. The van der Waals surface area contributed by atoms with Crippen LogP contribution in [0, 0.1) is 12.7 Å². The third-order valence-corrected chi connectivity index (χ3v) is 6.08. The molecule has 0 saturated carbocycles. The van der Waals surface area contributed by atoms with E-state index in [1.165, 1.54) is 17.4 Å². The molecule has 0 aliphatic carbocycles. The van der Waals surface area contributed by atoms with Crippen LogP contribution in [0.25, 0.3) is 10.2 Å². The molecule has 1 aromatic carbocycles. The summed E-state index contributed by atoms with van der Waals surface area (Å²) in [6, 6.07) is 6.17. The Balaban J connectivity index is 1.67. The van der Waals surface area contributed by atoms with Gasteiger partial charge in [0.25, 0.3) is 5.56 Å². The molecule has 0 radical (unpaired) electrons. The number of carbonyl (C=O) groups is 1. The van der Waals surface area contributed by atoms with Crippen LogP contribution in [0.3, 0.4) is 0 Å². The second kappa shape index (κ2) is 7.23. The van der Waals surface area contributed by atoms with E-state index in [4.69, 9.17) is 4.74 Å². The normalized spacial score (nSPS) is 14.0. The molecule has 27 heavy (non-hydrogen) atoms. The van der Waals surface area contributed by atoms with Gasteiger partial charge < -0.3 is 4.74 Å². The van der Waals surface area contributed by atoms with Gasteiger partial charge in [0.2, 0.25) is 0 Å². The van der Waals surface area contributed by atoms with Crippen molar-refractivity contribution in [1.82, 2.24) is 9.55 Å².